The van der Waals surface area contributed by atoms with Gasteiger partial charge in [0.05, 0.1) is 22.7 Å². The van der Waals surface area contributed by atoms with Gasteiger partial charge in [0.1, 0.15) is 12.4 Å². The average Bonchev–Trinajstić information content (AvgIpc) is 2.85. The zero-order valence-electron chi connectivity index (χ0n) is 18.7. The molecule has 0 saturated carbocycles. The highest BCUT2D eigenvalue weighted by atomic mass is 32.2. The van der Waals surface area contributed by atoms with E-state index < -0.39 is 0 Å². The molecular weight excluding hydrogens is 430 g/mol. The predicted molar refractivity (Wildman–Crippen MR) is 135 cm³/mol. The molecule has 2 heterocycles. The van der Waals surface area contributed by atoms with E-state index in [4.69, 9.17) is 4.74 Å². The summed E-state index contributed by atoms with van der Waals surface area (Å²) < 4.78 is 6.04. The van der Waals surface area contributed by atoms with Crippen LogP contribution in [0.1, 0.15) is 11.3 Å². The Morgan fingerprint density at radius 1 is 1.03 bits per heavy atom. The number of fused-ring (bicyclic) bond motifs is 2. The van der Waals surface area contributed by atoms with Crippen LogP contribution in [0.15, 0.2) is 83.8 Å². The monoisotopic (exact) mass is 455 g/mol. The molecule has 0 atom stereocenters. The van der Waals surface area contributed by atoms with Crippen molar-refractivity contribution in [3.8, 4) is 5.75 Å². The number of thioether (sulfide) groups is 1. The Bertz CT molecular complexity index is 1320. The summed E-state index contributed by atoms with van der Waals surface area (Å²) in [5, 5.41) is 1.13. The van der Waals surface area contributed by atoms with Crippen LogP contribution in [0.4, 0.5) is 11.4 Å². The van der Waals surface area contributed by atoms with Gasteiger partial charge in [-0.25, -0.2) is 4.98 Å². The number of rotatable bonds is 6. The van der Waals surface area contributed by atoms with Crippen LogP contribution in [0.5, 0.6) is 5.75 Å². The third kappa shape index (κ3) is 4.66. The lowest BCUT2D eigenvalue weighted by atomic mass is 10.2. The molecule has 0 bridgehead atoms. The van der Waals surface area contributed by atoms with Crippen molar-refractivity contribution in [3.63, 3.8) is 0 Å². The maximum atomic E-state index is 11.9. The maximum Gasteiger partial charge on any atom is 0.237 e. The zero-order valence-corrected chi connectivity index (χ0v) is 19.5. The molecule has 1 aliphatic rings. The molecule has 0 N–H and O–H groups in total. The molecule has 0 radical (unpaired) electrons. The van der Waals surface area contributed by atoms with Gasteiger partial charge >= 0.3 is 0 Å². The molecule has 0 aliphatic carbocycles. The highest BCUT2D eigenvalue weighted by Gasteiger charge is 2.22. The van der Waals surface area contributed by atoms with E-state index in [9.17, 15) is 4.79 Å². The van der Waals surface area contributed by atoms with Gasteiger partial charge in [-0.2, -0.15) is 0 Å². The first-order valence-electron chi connectivity index (χ1n) is 10.9. The number of ether oxygens (including phenoxy) is 1. The number of aromatic nitrogens is 1. The van der Waals surface area contributed by atoms with Crippen LogP contribution in [0, 0.1) is 0 Å². The van der Waals surface area contributed by atoms with Gasteiger partial charge in [0, 0.05) is 36.6 Å². The summed E-state index contributed by atoms with van der Waals surface area (Å²) in [6, 6.07) is 26.6. The van der Waals surface area contributed by atoms with Crippen molar-refractivity contribution in [2.24, 2.45) is 0 Å². The van der Waals surface area contributed by atoms with Crippen molar-refractivity contribution >= 4 is 39.9 Å². The summed E-state index contributed by atoms with van der Waals surface area (Å²) in [6.45, 7) is 1.18. The lowest BCUT2D eigenvalue weighted by Crippen LogP contribution is -2.31. The van der Waals surface area contributed by atoms with Crippen LogP contribution in [-0.4, -0.2) is 30.7 Å². The summed E-state index contributed by atoms with van der Waals surface area (Å²) in [4.78, 5) is 21.7. The fourth-order valence-electron chi connectivity index (χ4n) is 3.95. The number of benzene rings is 3. The van der Waals surface area contributed by atoms with Gasteiger partial charge in [0.2, 0.25) is 5.91 Å². The molecule has 4 aromatic rings. The standard InChI is InChI=1S/C27H25N3O2S/c1-29(22-12-13-25-26(15-22)33-18-27(31)30(25)2)16-19-6-5-8-23(14-19)32-17-21-11-10-20-7-3-4-9-24(20)28-21/h3-15H,16-18H2,1-2H3. The lowest BCUT2D eigenvalue weighted by molar-refractivity contribution is -0.116. The van der Waals surface area contributed by atoms with Gasteiger partial charge in [-0.1, -0.05) is 36.4 Å². The van der Waals surface area contributed by atoms with Gasteiger partial charge in [0.25, 0.3) is 0 Å². The second-order valence-corrected chi connectivity index (χ2v) is 9.20. The minimum atomic E-state index is 0.143. The molecule has 0 unspecified atom stereocenters. The predicted octanol–water partition coefficient (Wildman–Crippen LogP) is 5.52. The van der Waals surface area contributed by atoms with E-state index in [1.807, 2.05) is 49.5 Å². The van der Waals surface area contributed by atoms with Crippen LogP contribution in [0.25, 0.3) is 10.9 Å². The van der Waals surface area contributed by atoms with E-state index in [0.717, 1.165) is 45.2 Å². The van der Waals surface area contributed by atoms with E-state index in [1.54, 1.807) is 16.7 Å². The number of para-hydroxylation sites is 1. The SMILES string of the molecule is CN(Cc1cccc(OCc2ccc3ccccc3n2)c1)c1ccc2c(c1)SCC(=O)N2C. The lowest BCUT2D eigenvalue weighted by Gasteiger charge is -2.27. The number of carbonyl (C=O) groups is 1. The van der Waals surface area contributed by atoms with E-state index in [1.165, 1.54) is 5.56 Å². The smallest absolute Gasteiger partial charge is 0.237 e. The molecule has 6 heteroatoms. The fraction of sp³-hybridized carbons (Fsp3) is 0.185. The van der Waals surface area contributed by atoms with Crippen molar-refractivity contribution in [2.45, 2.75) is 18.0 Å². The second-order valence-electron chi connectivity index (χ2n) is 8.18. The first-order chi connectivity index (χ1) is 16.1. The fourth-order valence-corrected chi connectivity index (χ4v) is 4.98. The number of amides is 1. The number of carbonyl (C=O) groups excluding carboxylic acids is 1. The Morgan fingerprint density at radius 2 is 1.91 bits per heavy atom. The first kappa shape index (κ1) is 21.3. The third-order valence-corrected chi connectivity index (χ3v) is 6.86. The molecule has 33 heavy (non-hydrogen) atoms. The van der Waals surface area contributed by atoms with Crippen LogP contribution < -0.4 is 14.5 Å². The number of nitrogens with zero attached hydrogens (tertiary/aromatic N) is 3. The first-order valence-corrected chi connectivity index (χ1v) is 11.9. The minimum Gasteiger partial charge on any atom is -0.487 e. The van der Waals surface area contributed by atoms with Gasteiger partial charge in [0.15, 0.2) is 0 Å². The Morgan fingerprint density at radius 3 is 2.82 bits per heavy atom. The molecule has 1 aliphatic heterocycles. The number of hydrogen-bond donors (Lipinski definition) is 0. The minimum absolute atomic E-state index is 0.143. The van der Waals surface area contributed by atoms with Gasteiger partial charge < -0.3 is 14.5 Å². The molecule has 0 fully saturated rings. The third-order valence-electron chi connectivity index (χ3n) is 5.83. The van der Waals surface area contributed by atoms with Crippen molar-refractivity contribution in [3.05, 3.63) is 90.1 Å². The van der Waals surface area contributed by atoms with Gasteiger partial charge in [-0.15, -0.1) is 11.8 Å². The molecular formula is C27H25N3O2S. The second kappa shape index (κ2) is 9.16. The highest BCUT2D eigenvalue weighted by Crippen LogP contribution is 2.37. The maximum absolute atomic E-state index is 11.9. The number of pyridine rings is 1. The highest BCUT2D eigenvalue weighted by molar-refractivity contribution is 8.00. The Hall–Kier alpha value is -3.51. The quantitative estimate of drug-likeness (QED) is 0.383. The summed E-state index contributed by atoms with van der Waals surface area (Å²) in [5.41, 5.74) is 5.15. The van der Waals surface area contributed by atoms with Gasteiger partial charge in [-0.05, 0) is 48.0 Å². The Labute approximate surface area is 198 Å². The molecule has 0 spiro atoms. The van der Waals surface area contributed by atoms with Crippen LogP contribution in [0.2, 0.25) is 0 Å². The van der Waals surface area contributed by atoms with Crippen molar-refractivity contribution in [1.29, 1.82) is 0 Å². The van der Waals surface area contributed by atoms with Crippen molar-refractivity contribution in [2.75, 3.05) is 29.6 Å². The molecule has 1 aromatic heterocycles. The molecule has 1 amide bonds. The topological polar surface area (TPSA) is 45.7 Å². The Balaban J connectivity index is 1.25. The molecule has 166 valence electrons. The van der Waals surface area contributed by atoms with E-state index >= 15 is 0 Å². The van der Waals surface area contributed by atoms with E-state index in [2.05, 4.69) is 53.3 Å². The van der Waals surface area contributed by atoms with Crippen molar-refractivity contribution < 1.29 is 9.53 Å². The zero-order chi connectivity index (χ0) is 22.8. The molecule has 5 rings (SSSR count). The largest absolute Gasteiger partial charge is 0.487 e. The van der Waals surface area contributed by atoms with Crippen LogP contribution >= 0.6 is 11.8 Å². The molecule has 0 saturated heterocycles. The normalized spacial score (nSPS) is 13.2. The molecule has 5 nitrogen and oxygen atoms in total. The number of hydrogen-bond acceptors (Lipinski definition) is 5. The van der Waals surface area contributed by atoms with Crippen molar-refractivity contribution in [1.82, 2.24) is 4.98 Å². The van der Waals surface area contributed by atoms with E-state index in [0.29, 0.717) is 12.4 Å². The number of anilines is 2. The molecule has 3 aromatic carbocycles. The van der Waals surface area contributed by atoms with Crippen LogP contribution in [0.3, 0.4) is 0 Å². The Kier molecular flexibility index (Phi) is 5.92. The summed E-state index contributed by atoms with van der Waals surface area (Å²) >= 11 is 1.60. The summed E-state index contributed by atoms with van der Waals surface area (Å²) in [6.07, 6.45) is 0. The average molecular weight is 456 g/mol. The summed E-state index contributed by atoms with van der Waals surface area (Å²) in [5.74, 6) is 1.46. The van der Waals surface area contributed by atoms with E-state index in [-0.39, 0.29) is 5.91 Å². The van der Waals surface area contributed by atoms with Gasteiger partial charge in [-0.3, -0.25) is 4.79 Å². The summed E-state index contributed by atoms with van der Waals surface area (Å²) in [7, 11) is 3.92. The van der Waals surface area contributed by atoms with Crippen LogP contribution in [-0.2, 0) is 17.9 Å².